The third kappa shape index (κ3) is 4.67. The number of sulfonamides is 1. The van der Waals surface area contributed by atoms with Gasteiger partial charge in [0.05, 0.1) is 10.6 Å². The number of hydrogen-bond donors (Lipinski definition) is 3. The molecule has 0 radical (unpaired) electrons. The Morgan fingerprint density at radius 1 is 1.11 bits per heavy atom. The molecule has 1 amide bonds. The standard InChI is InChI=1S/C20H25N3O3S/c1-14-9-10-17(27(25,26)23-19-8-4-3-6-15(19)2)12-18(14)20(24)22-16-7-5-11-21-13-16/h3-4,6,8-10,12,16,21,23H,5,7,11,13H2,1-2H3,(H,22,24). The molecule has 1 aliphatic rings. The molecule has 1 atom stereocenters. The number of hydrogen-bond acceptors (Lipinski definition) is 4. The smallest absolute Gasteiger partial charge is 0.261 e. The lowest BCUT2D eigenvalue weighted by molar-refractivity contribution is 0.0930. The number of anilines is 1. The van der Waals surface area contributed by atoms with E-state index in [2.05, 4.69) is 15.4 Å². The first kappa shape index (κ1) is 19.4. The van der Waals surface area contributed by atoms with Crippen molar-refractivity contribution >= 4 is 21.6 Å². The predicted octanol–water partition coefficient (Wildman–Crippen LogP) is 2.59. The van der Waals surface area contributed by atoms with E-state index >= 15 is 0 Å². The van der Waals surface area contributed by atoms with Crippen LogP contribution in [-0.4, -0.2) is 33.5 Å². The highest BCUT2D eigenvalue weighted by Crippen LogP contribution is 2.21. The lowest BCUT2D eigenvalue weighted by Gasteiger charge is -2.24. The van der Waals surface area contributed by atoms with Crippen LogP contribution in [0, 0.1) is 13.8 Å². The fraction of sp³-hybridized carbons (Fsp3) is 0.350. The van der Waals surface area contributed by atoms with Gasteiger partial charge >= 0.3 is 0 Å². The van der Waals surface area contributed by atoms with Gasteiger partial charge in [-0.05, 0) is 62.6 Å². The van der Waals surface area contributed by atoms with Crippen molar-refractivity contribution in [1.82, 2.24) is 10.6 Å². The van der Waals surface area contributed by atoms with Gasteiger partial charge in [0, 0.05) is 18.2 Å². The molecule has 0 bridgehead atoms. The second kappa shape index (κ2) is 8.10. The number of amides is 1. The zero-order valence-electron chi connectivity index (χ0n) is 15.6. The van der Waals surface area contributed by atoms with Crippen LogP contribution in [0.1, 0.15) is 34.3 Å². The third-order valence-corrected chi connectivity index (χ3v) is 6.15. The zero-order valence-corrected chi connectivity index (χ0v) is 16.4. The monoisotopic (exact) mass is 387 g/mol. The van der Waals surface area contributed by atoms with Gasteiger partial charge in [0.15, 0.2) is 0 Å². The highest BCUT2D eigenvalue weighted by atomic mass is 32.2. The van der Waals surface area contributed by atoms with Gasteiger partial charge < -0.3 is 10.6 Å². The molecule has 3 N–H and O–H groups in total. The van der Waals surface area contributed by atoms with Crippen molar-refractivity contribution in [1.29, 1.82) is 0 Å². The van der Waals surface area contributed by atoms with Crippen molar-refractivity contribution in [2.75, 3.05) is 17.8 Å². The lowest BCUT2D eigenvalue weighted by atomic mass is 10.1. The number of carbonyl (C=O) groups is 1. The number of rotatable bonds is 5. The van der Waals surface area contributed by atoms with Crippen molar-refractivity contribution in [3.8, 4) is 0 Å². The molecule has 1 saturated heterocycles. The Morgan fingerprint density at radius 2 is 1.89 bits per heavy atom. The van der Waals surface area contributed by atoms with E-state index in [4.69, 9.17) is 0 Å². The van der Waals surface area contributed by atoms with Gasteiger partial charge in [-0.25, -0.2) is 8.42 Å². The second-order valence-corrected chi connectivity index (χ2v) is 8.60. The quantitative estimate of drug-likeness (QED) is 0.736. The van der Waals surface area contributed by atoms with E-state index in [1.165, 1.54) is 12.1 Å². The van der Waals surface area contributed by atoms with Gasteiger partial charge in [-0.2, -0.15) is 0 Å². The highest BCUT2D eigenvalue weighted by molar-refractivity contribution is 7.92. The molecule has 2 aromatic rings. The maximum atomic E-state index is 12.8. The van der Waals surface area contributed by atoms with Gasteiger partial charge in [0.1, 0.15) is 0 Å². The van der Waals surface area contributed by atoms with Crippen molar-refractivity contribution in [3.05, 3.63) is 59.2 Å². The first-order valence-corrected chi connectivity index (χ1v) is 10.6. The van der Waals surface area contributed by atoms with Crippen LogP contribution in [0.2, 0.25) is 0 Å². The normalized spacial score (nSPS) is 17.3. The molecule has 2 aromatic carbocycles. The minimum atomic E-state index is -3.78. The van der Waals surface area contributed by atoms with Crippen LogP contribution >= 0.6 is 0 Å². The summed E-state index contributed by atoms with van der Waals surface area (Å²) in [5, 5.41) is 6.25. The van der Waals surface area contributed by atoms with E-state index in [0.29, 0.717) is 11.3 Å². The molecule has 1 unspecified atom stereocenters. The second-order valence-electron chi connectivity index (χ2n) is 6.91. The molecular formula is C20H25N3O3S. The van der Waals surface area contributed by atoms with Gasteiger partial charge in [-0.3, -0.25) is 9.52 Å². The summed E-state index contributed by atoms with van der Waals surface area (Å²) in [6, 6.07) is 11.9. The number of para-hydroxylation sites is 1. The van der Waals surface area contributed by atoms with Crippen LogP contribution in [0.4, 0.5) is 5.69 Å². The fourth-order valence-corrected chi connectivity index (χ4v) is 4.30. The molecule has 144 valence electrons. The van der Waals surface area contributed by atoms with E-state index in [1.807, 2.05) is 19.1 Å². The number of aryl methyl sites for hydroxylation is 2. The van der Waals surface area contributed by atoms with Crippen molar-refractivity contribution < 1.29 is 13.2 Å². The van der Waals surface area contributed by atoms with Gasteiger partial charge in [0.25, 0.3) is 15.9 Å². The van der Waals surface area contributed by atoms with Gasteiger partial charge in [0.2, 0.25) is 0 Å². The predicted molar refractivity (Wildman–Crippen MR) is 107 cm³/mol. The molecule has 1 fully saturated rings. The Bertz CT molecular complexity index is 935. The molecule has 0 saturated carbocycles. The molecule has 0 spiro atoms. The molecule has 1 heterocycles. The van der Waals surface area contributed by atoms with Crippen LogP contribution in [0.15, 0.2) is 47.4 Å². The largest absolute Gasteiger partial charge is 0.348 e. The van der Waals surface area contributed by atoms with Crippen molar-refractivity contribution in [2.45, 2.75) is 37.6 Å². The topological polar surface area (TPSA) is 87.3 Å². The maximum Gasteiger partial charge on any atom is 0.261 e. The summed E-state index contributed by atoms with van der Waals surface area (Å²) in [5.41, 5.74) is 2.48. The molecule has 6 nitrogen and oxygen atoms in total. The molecular weight excluding hydrogens is 362 g/mol. The van der Waals surface area contributed by atoms with Crippen LogP contribution in [0.25, 0.3) is 0 Å². The Hall–Kier alpha value is -2.38. The number of nitrogens with one attached hydrogen (secondary N) is 3. The Kier molecular flexibility index (Phi) is 5.82. The molecule has 1 aliphatic heterocycles. The summed E-state index contributed by atoms with van der Waals surface area (Å²) in [6.45, 7) is 5.34. The zero-order chi connectivity index (χ0) is 19.4. The minimum Gasteiger partial charge on any atom is -0.348 e. The van der Waals surface area contributed by atoms with Crippen LogP contribution < -0.4 is 15.4 Å². The summed E-state index contributed by atoms with van der Waals surface area (Å²) in [4.78, 5) is 12.7. The number of piperidine rings is 1. The van der Waals surface area contributed by atoms with Crippen LogP contribution in [0.3, 0.4) is 0 Å². The summed E-state index contributed by atoms with van der Waals surface area (Å²) in [7, 11) is -3.78. The summed E-state index contributed by atoms with van der Waals surface area (Å²) < 4.78 is 28.2. The summed E-state index contributed by atoms with van der Waals surface area (Å²) in [6.07, 6.45) is 1.93. The van der Waals surface area contributed by atoms with E-state index in [9.17, 15) is 13.2 Å². The first-order valence-electron chi connectivity index (χ1n) is 9.07. The molecule has 27 heavy (non-hydrogen) atoms. The van der Waals surface area contributed by atoms with Crippen molar-refractivity contribution in [3.63, 3.8) is 0 Å². The molecule has 0 aromatic heterocycles. The average Bonchev–Trinajstić information content (AvgIpc) is 2.64. The SMILES string of the molecule is Cc1ccccc1NS(=O)(=O)c1ccc(C)c(C(=O)NC2CCCNC2)c1. The molecule has 0 aliphatic carbocycles. The van der Waals surface area contributed by atoms with E-state index < -0.39 is 10.0 Å². The minimum absolute atomic E-state index is 0.0657. The summed E-state index contributed by atoms with van der Waals surface area (Å²) >= 11 is 0. The highest BCUT2D eigenvalue weighted by Gasteiger charge is 2.21. The average molecular weight is 388 g/mol. The Morgan fingerprint density at radius 3 is 2.59 bits per heavy atom. The van der Waals surface area contributed by atoms with Crippen molar-refractivity contribution in [2.24, 2.45) is 0 Å². The van der Waals surface area contributed by atoms with Crippen LogP contribution in [0.5, 0.6) is 0 Å². The maximum absolute atomic E-state index is 12.8. The van der Waals surface area contributed by atoms with Gasteiger partial charge in [-0.1, -0.05) is 24.3 Å². The first-order chi connectivity index (χ1) is 12.9. The Labute approximate surface area is 160 Å². The fourth-order valence-electron chi connectivity index (χ4n) is 3.14. The van der Waals surface area contributed by atoms with E-state index in [-0.39, 0.29) is 16.8 Å². The van der Waals surface area contributed by atoms with E-state index in [1.54, 1.807) is 25.1 Å². The van der Waals surface area contributed by atoms with E-state index in [0.717, 1.165) is 37.1 Å². The van der Waals surface area contributed by atoms with Gasteiger partial charge in [-0.15, -0.1) is 0 Å². The molecule has 7 heteroatoms. The number of carbonyl (C=O) groups excluding carboxylic acids is 1. The Balaban J connectivity index is 1.83. The lowest BCUT2D eigenvalue weighted by Crippen LogP contribution is -2.45. The number of benzene rings is 2. The van der Waals surface area contributed by atoms with Crippen LogP contribution in [-0.2, 0) is 10.0 Å². The summed E-state index contributed by atoms with van der Waals surface area (Å²) in [5.74, 6) is -0.242. The third-order valence-electron chi connectivity index (χ3n) is 4.79. The molecule has 3 rings (SSSR count).